The van der Waals surface area contributed by atoms with Gasteiger partial charge < -0.3 is 14.4 Å². The quantitative estimate of drug-likeness (QED) is 0.223. The zero-order valence-electron chi connectivity index (χ0n) is 23.7. The van der Waals surface area contributed by atoms with Crippen molar-refractivity contribution in [2.24, 2.45) is 23.7 Å². The second-order valence-corrected chi connectivity index (χ2v) is 14.7. The normalized spacial score (nSPS) is 32.6. The second kappa shape index (κ2) is 12.1. The molecule has 39 heavy (non-hydrogen) atoms. The van der Waals surface area contributed by atoms with Gasteiger partial charge in [0.25, 0.3) is 0 Å². The number of nitrogens with zero attached hydrogens (tertiary/aromatic N) is 1. The van der Waals surface area contributed by atoms with Crippen LogP contribution in [0.4, 0.5) is 0 Å². The number of benzene rings is 1. The summed E-state index contributed by atoms with van der Waals surface area (Å²) >= 11 is 2.43. The van der Waals surface area contributed by atoms with Crippen LogP contribution in [0, 0.1) is 34.2 Å². The van der Waals surface area contributed by atoms with Gasteiger partial charge in [0.05, 0.1) is 0 Å². The molecule has 5 nitrogen and oxygen atoms in total. The fourth-order valence-electron chi connectivity index (χ4n) is 8.70. The maximum Gasteiger partial charge on any atom is 0.306 e. The van der Waals surface area contributed by atoms with Gasteiger partial charge in [-0.05, 0) is 160 Å². The van der Waals surface area contributed by atoms with Gasteiger partial charge in [-0.3, -0.25) is 9.59 Å². The molecular weight excluding hydrogens is 601 g/mol. The molecule has 0 N–H and O–H groups in total. The number of carbonyl (C=O) groups is 2. The summed E-state index contributed by atoms with van der Waals surface area (Å²) in [5, 5.41) is 0. The molecule has 2 heterocycles. The minimum absolute atomic E-state index is 0.00600. The maximum absolute atomic E-state index is 13.3. The average molecular weight is 648 g/mol. The topological polar surface area (TPSA) is 55.8 Å². The van der Waals surface area contributed by atoms with Gasteiger partial charge in [0.15, 0.2) is 0 Å². The number of piperidine rings is 1. The van der Waals surface area contributed by atoms with Crippen LogP contribution in [0.1, 0.15) is 94.6 Å². The van der Waals surface area contributed by atoms with Crippen LogP contribution in [0.15, 0.2) is 18.2 Å². The Labute approximate surface area is 248 Å². The van der Waals surface area contributed by atoms with Crippen molar-refractivity contribution < 1.29 is 19.1 Å². The zero-order chi connectivity index (χ0) is 27.0. The lowest BCUT2D eigenvalue weighted by Crippen LogP contribution is -2.50. The first-order chi connectivity index (χ1) is 18.9. The lowest BCUT2D eigenvalue weighted by molar-refractivity contribution is -0.153. The van der Waals surface area contributed by atoms with Gasteiger partial charge in [-0.1, -0.05) is 6.07 Å². The number of hydrogen-bond acceptors (Lipinski definition) is 5. The number of esters is 1. The van der Waals surface area contributed by atoms with Crippen LogP contribution in [0.5, 0.6) is 0 Å². The van der Waals surface area contributed by atoms with E-state index in [1.807, 2.05) is 0 Å². The highest BCUT2D eigenvalue weighted by atomic mass is 127. The van der Waals surface area contributed by atoms with Crippen LogP contribution in [0.2, 0.25) is 0 Å². The predicted octanol–water partition coefficient (Wildman–Crippen LogP) is 6.61. The summed E-state index contributed by atoms with van der Waals surface area (Å²) in [7, 11) is 0. The lowest BCUT2D eigenvalue weighted by atomic mass is 9.67. The van der Waals surface area contributed by atoms with E-state index >= 15 is 0 Å². The van der Waals surface area contributed by atoms with E-state index in [9.17, 15) is 9.59 Å². The smallest absolute Gasteiger partial charge is 0.306 e. The van der Waals surface area contributed by atoms with E-state index in [1.165, 1.54) is 46.8 Å². The van der Waals surface area contributed by atoms with Crippen molar-refractivity contribution in [3.05, 3.63) is 32.9 Å². The third-order valence-corrected chi connectivity index (χ3v) is 11.8. The highest BCUT2D eigenvalue weighted by Gasteiger charge is 2.48. The molecule has 6 heteroatoms. The predicted molar refractivity (Wildman–Crippen MR) is 161 cm³/mol. The van der Waals surface area contributed by atoms with Crippen molar-refractivity contribution in [1.29, 1.82) is 0 Å². The Morgan fingerprint density at radius 3 is 2.46 bits per heavy atom. The van der Waals surface area contributed by atoms with Gasteiger partial charge in [0, 0.05) is 41.6 Å². The molecule has 1 aromatic rings. The minimum atomic E-state index is -0.00600. The number of aryl methyl sites for hydroxylation is 1. The number of rotatable bonds is 9. The molecule has 3 aliphatic carbocycles. The number of ether oxygens (including phenoxy) is 2. The van der Waals surface area contributed by atoms with Gasteiger partial charge in [-0.25, -0.2) is 0 Å². The summed E-state index contributed by atoms with van der Waals surface area (Å²) < 4.78 is 12.6. The molecule has 3 atom stereocenters. The average Bonchev–Trinajstić information content (AvgIpc) is 3.51. The van der Waals surface area contributed by atoms with Crippen molar-refractivity contribution in [1.82, 2.24) is 4.90 Å². The third-order valence-electron chi connectivity index (χ3n) is 11.2. The summed E-state index contributed by atoms with van der Waals surface area (Å²) in [5.41, 5.74) is 2.83. The summed E-state index contributed by atoms with van der Waals surface area (Å²) in [6.45, 7) is 6.02. The highest BCUT2D eigenvalue weighted by Crippen LogP contribution is 2.51. The van der Waals surface area contributed by atoms with Crippen LogP contribution < -0.4 is 0 Å². The van der Waals surface area contributed by atoms with Crippen LogP contribution in [-0.2, 0) is 24.5 Å². The molecule has 0 radical (unpaired) electrons. The molecular formula is C33H46INO4. The van der Waals surface area contributed by atoms with E-state index in [0.29, 0.717) is 41.9 Å². The molecule has 0 amide bonds. The summed E-state index contributed by atoms with van der Waals surface area (Å²) in [6.07, 6.45) is 13.7. The Kier molecular flexibility index (Phi) is 8.72. The fourth-order valence-corrected chi connectivity index (χ4v) is 9.19. The van der Waals surface area contributed by atoms with Crippen molar-refractivity contribution in [3.8, 4) is 0 Å². The Balaban J connectivity index is 1.10. The Hall–Kier alpha value is -0.990. The largest absolute Gasteiger partial charge is 0.462 e. The third kappa shape index (κ3) is 6.13. The molecule has 5 aliphatic rings. The van der Waals surface area contributed by atoms with Gasteiger partial charge in [0.2, 0.25) is 0 Å². The molecule has 0 spiro atoms. The van der Waals surface area contributed by atoms with Crippen molar-refractivity contribution in [2.45, 2.75) is 108 Å². The molecule has 2 unspecified atom stereocenters. The number of halogens is 1. The Bertz CT molecular complexity index is 1030. The van der Waals surface area contributed by atoms with Crippen LogP contribution in [-0.4, -0.2) is 55.1 Å². The monoisotopic (exact) mass is 647 g/mol. The molecule has 3 saturated carbocycles. The van der Waals surface area contributed by atoms with E-state index in [4.69, 9.17) is 9.47 Å². The van der Waals surface area contributed by atoms with E-state index in [-0.39, 0.29) is 17.5 Å². The number of carbonyl (C=O) groups excluding carboxylic acids is 2. The number of Topliss-reactive ketones (excluding diaryl/α,β-unsaturated/α-hetero) is 1. The molecule has 2 saturated heterocycles. The fraction of sp³-hybridized carbons (Fsp3) is 0.758. The van der Waals surface area contributed by atoms with Crippen molar-refractivity contribution in [2.75, 3.05) is 26.3 Å². The first-order valence-corrected chi connectivity index (χ1v) is 16.8. The maximum atomic E-state index is 13.3. The minimum Gasteiger partial charge on any atom is -0.462 e. The SMILES string of the molecule is Cc1ccc(I)cc1C1(CCC(=O)OC2CCC2)CCN(C2CC3CCC(C2)C3C(=O)C[C@H]2CCOC2)CC1. The molecule has 2 bridgehead atoms. The molecule has 1 aromatic carbocycles. The number of likely N-dealkylation sites (tertiary alicyclic amines) is 1. The number of hydrogen-bond donors (Lipinski definition) is 0. The molecule has 0 aromatic heterocycles. The van der Waals surface area contributed by atoms with Gasteiger partial charge in [0.1, 0.15) is 11.9 Å². The Morgan fingerprint density at radius 1 is 1.08 bits per heavy atom. The first kappa shape index (κ1) is 28.1. The zero-order valence-corrected chi connectivity index (χ0v) is 25.8. The second-order valence-electron chi connectivity index (χ2n) is 13.5. The van der Waals surface area contributed by atoms with E-state index in [2.05, 4.69) is 52.6 Å². The molecule has 2 aliphatic heterocycles. The standard InChI is InChI=1S/C33H46INO4/c1-22-5-8-26(34)20-29(22)33(11-9-31(37)39-28-3-2-4-28)12-14-35(15-13-33)27-18-24-6-7-25(19-27)32(24)30(36)17-23-10-16-38-21-23/h5,8,20,23-25,27-28,32H,2-4,6-7,9-19,21H2,1H3/t23-,24?,25?,27?,32?/m1/s1. The number of ketones is 1. The number of fused-ring (bicyclic) bond motifs is 2. The van der Waals surface area contributed by atoms with E-state index in [1.54, 1.807) is 0 Å². The summed E-state index contributed by atoms with van der Waals surface area (Å²) in [4.78, 5) is 28.8. The van der Waals surface area contributed by atoms with Crippen LogP contribution in [0.3, 0.4) is 0 Å². The highest BCUT2D eigenvalue weighted by molar-refractivity contribution is 14.1. The molecule has 214 valence electrons. The van der Waals surface area contributed by atoms with Crippen LogP contribution >= 0.6 is 22.6 Å². The van der Waals surface area contributed by atoms with E-state index < -0.39 is 0 Å². The van der Waals surface area contributed by atoms with Crippen molar-refractivity contribution >= 4 is 34.3 Å². The molecule has 6 rings (SSSR count). The Morgan fingerprint density at radius 2 is 1.82 bits per heavy atom. The first-order valence-electron chi connectivity index (χ1n) is 15.7. The lowest BCUT2D eigenvalue weighted by Gasteiger charge is -2.48. The van der Waals surface area contributed by atoms with E-state index in [0.717, 1.165) is 71.2 Å². The summed E-state index contributed by atoms with van der Waals surface area (Å²) in [5.74, 6) is 2.45. The van der Waals surface area contributed by atoms with Gasteiger partial charge in [-0.15, -0.1) is 0 Å². The van der Waals surface area contributed by atoms with Gasteiger partial charge >= 0.3 is 5.97 Å². The molecule has 5 fully saturated rings. The van der Waals surface area contributed by atoms with Crippen molar-refractivity contribution in [3.63, 3.8) is 0 Å². The summed E-state index contributed by atoms with van der Waals surface area (Å²) in [6, 6.07) is 7.43. The van der Waals surface area contributed by atoms with Crippen LogP contribution in [0.25, 0.3) is 0 Å². The van der Waals surface area contributed by atoms with Gasteiger partial charge in [-0.2, -0.15) is 0 Å².